The van der Waals surface area contributed by atoms with Crippen LogP contribution in [0.4, 0.5) is 0 Å². The first-order valence-corrected chi connectivity index (χ1v) is 6.72. The van der Waals surface area contributed by atoms with Crippen LogP contribution in [0.2, 0.25) is 5.02 Å². The lowest BCUT2D eigenvalue weighted by Gasteiger charge is -2.17. The van der Waals surface area contributed by atoms with E-state index in [1.54, 1.807) is 14.2 Å². The predicted molar refractivity (Wildman–Crippen MR) is 82.6 cm³/mol. The van der Waals surface area contributed by atoms with E-state index in [1.807, 2.05) is 43.3 Å². The van der Waals surface area contributed by atoms with Gasteiger partial charge in [-0.3, -0.25) is 0 Å². The van der Waals surface area contributed by atoms with Gasteiger partial charge in [-0.1, -0.05) is 29.8 Å². The smallest absolute Gasteiger partial charge is 0.168 e. The molecule has 0 aliphatic rings. The van der Waals surface area contributed by atoms with Crippen LogP contribution < -0.4 is 15.2 Å². The first-order valence-electron chi connectivity index (χ1n) is 6.35. The van der Waals surface area contributed by atoms with E-state index in [0.29, 0.717) is 16.5 Å². The topological polar surface area (TPSA) is 44.5 Å². The summed E-state index contributed by atoms with van der Waals surface area (Å²) in [5, 5.41) is 0.662. The van der Waals surface area contributed by atoms with Crippen molar-refractivity contribution in [2.75, 3.05) is 14.2 Å². The third-order valence-corrected chi connectivity index (χ3v) is 3.52. The second kappa shape index (κ2) is 6.16. The zero-order valence-electron chi connectivity index (χ0n) is 11.8. The summed E-state index contributed by atoms with van der Waals surface area (Å²) in [6.07, 6.45) is 0. The van der Waals surface area contributed by atoms with Crippen molar-refractivity contribution in [2.24, 2.45) is 5.73 Å². The van der Waals surface area contributed by atoms with Crippen molar-refractivity contribution in [3.8, 4) is 22.6 Å². The zero-order valence-corrected chi connectivity index (χ0v) is 12.6. The highest BCUT2D eigenvalue weighted by Crippen LogP contribution is 2.42. The maximum absolute atomic E-state index is 6.29. The maximum atomic E-state index is 6.29. The van der Waals surface area contributed by atoms with Gasteiger partial charge in [0.2, 0.25) is 0 Å². The summed E-state index contributed by atoms with van der Waals surface area (Å²) >= 11 is 6.29. The fraction of sp³-hybridized carbons (Fsp3) is 0.250. The third kappa shape index (κ3) is 2.74. The van der Waals surface area contributed by atoms with Gasteiger partial charge in [0.25, 0.3) is 0 Å². The second-order valence-electron chi connectivity index (χ2n) is 4.57. The number of halogens is 1. The normalized spacial score (nSPS) is 12.1. The SMILES string of the molecule is COc1cc(C(C)N)cc(-c2ccccc2Cl)c1OC. The lowest BCUT2D eigenvalue weighted by atomic mass is 9.98. The average molecular weight is 292 g/mol. The Kier molecular flexibility index (Phi) is 4.53. The summed E-state index contributed by atoms with van der Waals surface area (Å²) in [6.45, 7) is 1.93. The van der Waals surface area contributed by atoms with E-state index >= 15 is 0 Å². The molecule has 0 bridgehead atoms. The molecule has 0 saturated carbocycles. The molecule has 1 unspecified atom stereocenters. The van der Waals surface area contributed by atoms with Gasteiger partial charge in [0.15, 0.2) is 11.5 Å². The van der Waals surface area contributed by atoms with Crippen molar-refractivity contribution in [1.82, 2.24) is 0 Å². The molecular formula is C16H18ClNO2. The summed E-state index contributed by atoms with van der Waals surface area (Å²) < 4.78 is 10.9. The monoisotopic (exact) mass is 291 g/mol. The Labute approximate surface area is 124 Å². The van der Waals surface area contributed by atoms with Gasteiger partial charge in [-0.15, -0.1) is 0 Å². The molecule has 2 N–H and O–H groups in total. The van der Waals surface area contributed by atoms with Crippen LogP contribution in [0.25, 0.3) is 11.1 Å². The van der Waals surface area contributed by atoms with Crippen LogP contribution in [0, 0.1) is 0 Å². The Morgan fingerprint density at radius 2 is 1.75 bits per heavy atom. The van der Waals surface area contributed by atoms with Crippen molar-refractivity contribution < 1.29 is 9.47 Å². The van der Waals surface area contributed by atoms with E-state index in [1.165, 1.54) is 0 Å². The largest absolute Gasteiger partial charge is 0.493 e. The Balaban J connectivity index is 2.73. The first kappa shape index (κ1) is 14.7. The van der Waals surface area contributed by atoms with E-state index in [2.05, 4.69) is 0 Å². The molecule has 2 rings (SSSR count). The van der Waals surface area contributed by atoms with Crippen LogP contribution in [-0.4, -0.2) is 14.2 Å². The number of hydrogen-bond donors (Lipinski definition) is 1. The molecule has 4 heteroatoms. The Bertz CT molecular complexity index is 611. The van der Waals surface area contributed by atoms with Crippen LogP contribution in [-0.2, 0) is 0 Å². The van der Waals surface area contributed by atoms with Gasteiger partial charge in [-0.25, -0.2) is 0 Å². The molecule has 0 amide bonds. The Hall–Kier alpha value is -1.71. The molecule has 0 heterocycles. The lowest BCUT2D eigenvalue weighted by Crippen LogP contribution is -2.06. The number of rotatable bonds is 4. The fourth-order valence-electron chi connectivity index (χ4n) is 2.13. The Morgan fingerprint density at radius 3 is 2.30 bits per heavy atom. The van der Waals surface area contributed by atoms with Gasteiger partial charge < -0.3 is 15.2 Å². The molecule has 0 spiro atoms. The number of ether oxygens (including phenoxy) is 2. The highest BCUT2D eigenvalue weighted by Gasteiger charge is 2.17. The van der Waals surface area contributed by atoms with E-state index in [0.717, 1.165) is 16.7 Å². The third-order valence-electron chi connectivity index (χ3n) is 3.19. The molecule has 2 aromatic carbocycles. The van der Waals surface area contributed by atoms with Crippen LogP contribution in [0.3, 0.4) is 0 Å². The zero-order chi connectivity index (χ0) is 14.7. The molecule has 0 radical (unpaired) electrons. The second-order valence-corrected chi connectivity index (χ2v) is 4.98. The molecule has 3 nitrogen and oxygen atoms in total. The number of benzene rings is 2. The summed E-state index contributed by atoms with van der Waals surface area (Å²) in [6, 6.07) is 11.4. The molecule has 2 aromatic rings. The summed E-state index contributed by atoms with van der Waals surface area (Å²) in [4.78, 5) is 0. The average Bonchev–Trinajstić information content (AvgIpc) is 2.46. The molecule has 0 saturated heterocycles. The minimum atomic E-state index is -0.101. The van der Waals surface area contributed by atoms with Gasteiger partial charge in [0, 0.05) is 22.2 Å². The molecule has 0 aromatic heterocycles. The minimum Gasteiger partial charge on any atom is -0.493 e. The van der Waals surface area contributed by atoms with Crippen molar-refractivity contribution >= 4 is 11.6 Å². The summed E-state index contributed by atoms with van der Waals surface area (Å²) in [5.74, 6) is 1.31. The minimum absolute atomic E-state index is 0.101. The van der Waals surface area contributed by atoms with E-state index in [-0.39, 0.29) is 6.04 Å². The van der Waals surface area contributed by atoms with Crippen molar-refractivity contribution in [3.63, 3.8) is 0 Å². The number of methoxy groups -OCH3 is 2. The van der Waals surface area contributed by atoms with Gasteiger partial charge in [-0.05, 0) is 30.7 Å². The van der Waals surface area contributed by atoms with Crippen LogP contribution in [0.1, 0.15) is 18.5 Å². The number of nitrogens with two attached hydrogens (primary N) is 1. The summed E-state index contributed by atoms with van der Waals surface area (Å²) in [7, 11) is 3.23. The fourth-order valence-corrected chi connectivity index (χ4v) is 2.37. The van der Waals surface area contributed by atoms with Gasteiger partial charge in [0.05, 0.1) is 14.2 Å². The molecule has 0 fully saturated rings. The standard InChI is InChI=1S/C16H18ClNO2/c1-10(18)11-8-13(12-6-4-5-7-14(12)17)16(20-3)15(9-11)19-2/h4-10H,18H2,1-3H3. The molecule has 0 aliphatic heterocycles. The quantitative estimate of drug-likeness (QED) is 0.924. The van der Waals surface area contributed by atoms with E-state index in [9.17, 15) is 0 Å². The van der Waals surface area contributed by atoms with Crippen molar-refractivity contribution in [2.45, 2.75) is 13.0 Å². The van der Waals surface area contributed by atoms with Crippen molar-refractivity contribution in [3.05, 3.63) is 47.0 Å². The molecule has 20 heavy (non-hydrogen) atoms. The van der Waals surface area contributed by atoms with E-state index in [4.69, 9.17) is 26.8 Å². The van der Waals surface area contributed by atoms with Crippen LogP contribution >= 0.6 is 11.6 Å². The summed E-state index contributed by atoms with van der Waals surface area (Å²) in [5.41, 5.74) is 8.73. The predicted octanol–water partition coefficient (Wildman–Crippen LogP) is 4.04. The highest BCUT2D eigenvalue weighted by molar-refractivity contribution is 6.33. The molecule has 0 aliphatic carbocycles. The van der Waals surface area contributed by atoms with Crippen LogP contribution in [0.5, 0.6) is 11.5 Å². The Morgan fingerprint density at radius 1 is 1.05 bits per heavy atom. The molecule has 106 valence electrons. The number of hydrogen-bond acceptors (Lipinski definition) is 3. The first-order chi connectivity index (χ1) is 9.58. The lowest BCUT2D eigenvalue weighted by molar-refractivity contribution is 0.355. The maximum Gasteiger partial charge on any atom is 0.168 e. The van der Waals surface area contributed by atoms with Gasteiger partial charge in [-0.2, -0.15) is 0 Å². The van der Waals surface area contributed by atoms with Gasteiger partial charge >= 0.3 is 0 Å². The molecular weight excluding hydrogens is 274 g/mol. The highest BCUT2D eigenvalue weighted by atomic mass is 35.5. The molecule has 1 atom stereocenters. The van der Waals surface area contributed by atoms with E-state index < -0.39 is 0 Å². The van der Waals surface area contributed by atoms with Crippen molar-refractivity contribution in [1.29, 1.82) is 0 Å². The van der Waals surface area contributed by atoms with Gasteiger partial charge in [0.1, 0.15) is 0 Å². The van der Waals surface area contributed by atoms with Crippen LogP contribution in [0.15, 0.2) is 36.4 Å².